The van der Waals surface area contributed by atoms with E-state index in [-0.39, 0.29) is 36.8 Å². The largest absolute Gasteiger partial charge is 0.352 e. The van der Waals surface area contributed by atoms with Crippen LogP contribution >= 0.6 is 12.4 Å². The number of rotatable bonds is 4. The van der Waals surface area contributed by atoms with E-state index in [1.165, 1.54) is 24.0 Å². The maximum absolute atomic E-state index is 12.2. The van der Waals surface area contributed by atoms with Crippen LogP contribution in [0.1, 0.15) is 36.8 Å². The standard InChI is InChI=1S/C17H23N3O2.ClH/c21-16(20-14-7-3-4-8-14)11-19-17(22)15-9-12-5-1-2-6-13(12)10-18-15;/h1-2,5-6,14-15,18H,3-4,7-11H2,(H,19,22)(H,20,21);1H/t15-;/m0./s1. The number of fused-ring (bicyclic) bond motifs is 1. The van der Waals surface area contributed by atoms with E-state index in [1.54, 1.807) is 0 Å². The first-order chi connectivity index (χ1) is 10.7. The van der Waals surface area contributed by atoms with Gasteiger partial charge in [0, 0.05) is 12.6 Å². The van der Waals surface area contributed by atoms with Crippen molar-refractivity contribution < 1.29 is 9.59 Å². The normalized spacial score (nSPS) is 20.3. The van der Waals surface area contributed by atoms with Gasteiger partial charge in [-0.2, -0.15) is 0 Å². The van der Waals surface area contributed by atoms with Crippen LogP contribution in [0, 0.1) is 0 Å². The fourth-order valence-corrected chi connectivity index (χ4v) is 3.28. The van der Waals surface area contributed by atoms with Crippen LogP contribution in [0.5, 0.6) is 0 Å². The van der Waals surface area contributed by atoms with Gasteiger partial charge in [-0.05, 0) is 30.4 Å². The van der Waals surface area contributed by atoms with Gasteiger partial charge in [0.15, 0.2) is 0 Å². The van der Waals surface area contributed by atoms with Gasteiger partial charge in [0.1, 0.15) is 0 Å². The molecule has 2 amide bonds. The number of benzene rings is 1. The van der Waals surface area contributed by atoms with E-state index < -0.39 is 0 Å². The lowest BCUT2D eigenvalue weighted by atomic mass is 9.95. The molecule has 1 aromatic rings. The molecule has 0 radical (unpaired) electrons. The maximum atomic E-state index is 12.2. The van der Waals surface area contributed by atoms with Gasteiger partial charge in [0.2, 0.25) is 11.8 Å². The van der Waals surface area contributed by atoms with Gasteiger partial charge in [0.05, 0.1) is 12.6 Å². The van der Waals surface area contributed by atoms with E-state index in [0.29, 0.717) is 19.0 Å². The minimum atomic E-state index is -0.255. The quantitative estimate of drug-likeness (QED) is 0.775. The Morgan fingerprint density at radius 2 is 1.83 bits per heavy atom. The molecule has 1 aliphatic carbocycles. The summed E-state index contributed by atoms with van der Waals surface area (Å²) in [5.74, 6) is -0.187. The highest BCUT2D eigenvalue weighted by atomic mass is 35.5. The first-order valence-electron chi connectivity index (χ1n) is 8.09. The lowest BCUT2D eigenvalue weighted by Crippen LogP contribution is -2.50. The average molecular weight is 338 g/mol. The molecule has 1 heterocycles. The lowest BCUT2D eigenvalue weighted by molar-refractivity contribution is -0.127. The van der Waals surface area contributed by atoms with Crippen LogP contribution in [0.2, 0.25) is 0 Å². The summed E-state index contributed by atoms with van der Waals surface area (Å²) in [6, 6.07) is 8.18. The van der Waals surface area contributed by atoms with E-state index in [4.69, 9.17) is 0 Å². The summed E-state index contributed by atoms with van der Waals surface area (Å²) in [4.78, 5) is 24.0. The van der Waals surface area contributed by atoms with Gasteiger partial charge >= 0.3 is 0 Å². The van der Waals surface area contributed by atoms with Crippen molar-refractivity contribution in [1.82, 2.24) is 16.0 Å². The number of hydrogen-bond acceptors (Lipinski definition) is 3. The highest BCUT2D eigenvalue weighted by molar-refractivity contribution is 5.87. The molecule has 5 nitrogen and oxygen atoms in total. The molecule has 0 saturated heterocycles. The molecule has 6 heteroatoms. The smallest absolute Gasteiger partial charge is 0.239 e. The molecule has 1 fully saturated rings. The topological polar surface area (TPSA) is 70.2 Å². The van der Waals surface area contributed by atoms with Crippen molar-refractivity contribution in [3.8, 4) is 0 Å². The number of carbonyl (C=O) groups is 2. The molecule has 1 atom stereocenters. The van der Waals surface area contributed by atoms with Crippen molar-refractivity contribution in [3.05, 3.63) is 35.4 Å². The van der Waals surface area contributed by atoms with Crippen molar-refractivity contribution >= 4 is 24.2 Å². The van der Waals surface area contributed by atoms with Crippen LogP contribution in [0.4, 0.5) is 0 Å². The van der Waals surface area contributed by atoms with E-state index in [1.807, 2.05) is 12.1 Å². The average Bonchev–Trinajstić information content (AvgIpc) is 3.05. The molecule has 1 aliphatic heterocycles. The van der Waals surface area contributed by atoms with E-state index in [0.717, 1.165) is 12.8 Å². The van der Waals surface area contributed by atoms with Gasteiger partial charge in [-0.15, -0.1) is 12.4 Å². The van der Waals surface area contributed by atoms with Crippen LogP contribution in [0.25, 0.3) is 0 Å². The Balaban J connectivity index is 0.00000192. The number of hydrogen-bond donors (Lipinski definition) is 3. The summed E-state index contributed by atoms with van der Waals surface area (Å²) in [6.07, 6.45) is 5.15. The van der Waals surface area contributed by atoms with E-state index in [2.05, 4.69) is 28.1 Å². The molecule has 1 saturated carbocycles. The maximum Gasteiger partial charge on any atom is 0.239 e. The fourth-order valence-electron chi connectivity index (χ4n) is 3.28. The van der Waals surface area contributed by atoms with Crippen molar-refractivity contribution in [3.63, 3.8) is 0 Å². The monoisotopic (exact) mass is 337 g/mol. The molecule has 2 aliphatic rings. The summed E-state index contributed by atoms with van der Waals surface area (Å²) in [6.45, 7) is 0.762. The van der Waals surface area contributed by atoms with Gasteiger partial charge < -0.3 is 16.0 Å². The fraction of sp³-hybridized carbons (Fsp3) is 0.529. The summed E-state index contributed by atoms with van der Waals surface area (Å²) in [5, 5.41) is 8.95. The Bertz CT molecular complexity index is 559. The van der Waals surface area contributed by atoms with Crippen molar-refractivity contribution in [2.45, 2.75) is 50.7 Å². The lowest BCUT2D eigenvalue weighted by Gasteiger charge is -2.25. The third-order valence-electron chi connectivity index (χ3n) is 4.54. The zero-order valence-corrected chi connectivity index (χ0v) is 14.0. The third-order valence-corrected chi connectivity index (χ3v) is 4.54. The molecule has 3 rings (SSSR count). The minimum Gasteiger partial charge on any atom is -0.352 e. The van der Waals surface area contributed by atoms with Crippen LogP contribution in [-0.2, 0) is 22.6 Å². The first kappa shape index (κ1) is 17.8. The number of amides is 2. The Labute approximate surface area is 143 Å². The molecule has 3 N–H and O–H groups in total. The Hall–Kier alpha value is -1.59. The second-order valence-electron chi connectivity index (χ2n) is 6.17. The Kier molecular flexibility index (Phi) is 6.42. The van der Waals surface area contributed by atoms with E-state index >= 15 is 0 Å². The van der Waals surface area contributed by atoms with Crippen LogP contribution in [-0.4, -0.2) is 30.4 Å². The van der Waals surface area contributed by atoms with Crippen LogP contribution in [0.15, 0.2) is 24.3 Å². The molecule has 23 heavy (non-hydrogen) atoms. The zero-order chi connectivity index (χ0) is 15.4. The SMILES string of the molecule is Cl.O=C(CNC(=O)[C@@H]1Cc2ccccc2CN1)NC1CCCC1. The second-order valence-corrected chi connectivity index (χ2v) is 6.17. The number of nitrogens with one attached hydrogen (secondary N) is 3. The van der Waals surface area contributed by atoms with Gasteiger partial charge in [-0.1, -0.05) is 37.1 Å². The van der Waals surface area contributed by atoms with E-state index in [9.17, 15) is 9.59 Å². The van der Waals surface area contributed by atoms with Crippen LogP contribution in [0.3, 0.4) is 0 Å². The minimum absolute atomic E-state index is 0. The summed E-state index contributed by atoms with van der Waals surface area (Å²) in [7, 11) is 0. The highest BCUT2D eigenvalue weighted by Crippen LogP contribution is 2.17. The van der Waals surface area contributed by atoms with Crippen molar-refractivity contribution in [2.24, 2.45) is 0 Å². The van der Waals surface area contributed by atoms with Crippen molar-refractivity contribution in [2.75, 3.05) is 6.54 Å². The van der Waals surface area contributed by atoms with Gasteiger partial charge in [-0.25, -0.2) is 0 Å². The molecule has 0 aromatic heterocycles. The third kappa shape index (κ3) is 4.69. The molecular formula is C17H24ClN3O2. The second kappa shape index (κ2) is 8.31. The molecule has 0 spiro atoms. The summed E-state index contributed by atoms with van der Waals surface area (Å²) < 4.78 is 0. The Morgan fingerprint density at radius 3 is 2.57 bits per heavy atom. The molecular weight excluding hydrogens is 314 g/mol. The molecule has 126 valence electrons. The Morgan fingerprint density at radius 1 is 1.13 bits per heavy atom. The predicted molar refractivity (Wildman–Crippen MR) is 91.4 cm³/mol. The number of halogens is 1. The van der Waals surface area contributed by atoms with Gasteiger partial charge in [-0.3, -0.25) is 9.59 Å². The predicted octanol–water partition coefficient (Wildman–Crippen LogP) is 1.30. The molecule has 0 bridgehead atoms. The number of carbonyl (C=O) groups excluding carboxylic acids is 2. The van der Waals surface area contributed by atoms with Crippen LogP contribution < -0.4 is 16.0 Å². The zero-order valence-electron chi connectivity index (χ0n) is 13.1. The van der Waals surface area contributed by atoms with Gasteiger partial charge in [0.25, 0.3) is 0 Å². The summed E-state index contributed by atoms with van der Waals surface area (Å²) in [5.41, 5.74) is 2.45. The molecule has 0 unspecified atom stereocenters. The highest BCUT2D eigenvalue weighted by Gasteiger charge is 2.24. The summed E-state index contributed by atoms with van der Waals surface area (Å²) >= 11 is 0. The molecule has 1 aromatic carbocycles. The first-order valence-corrected chi connectivity index (χ1v) is 8.09. The van der Waals surface area contributed by atoms with Crippen molar-refractivity contribution in [1.29, 1.82) is 0 Å².